The number of hydrogen-bond donors (Lipinski definition) is 1. The Labute approximate surface area is 167 Å². The number of likely N-dealkylation sites (tertiary alicyclic amines) is 1. The lowest BCUT2D eigenvalue weighted by Crippen LogP contribution is -2.47. The molecule has 0 unspecified atom stereocenters. The molecule has 29 heavy (non-hydrogen) atoms. The average molecular weight is 404 g/mol. The van der Waals surface area contributed by atoms with Crippen molar-refractivity contribution in [2.24, 2.45) is 0 Å². The van der Waals surface area contributed by atoms with Gasteiger partial charge in [-0.3, -0.25) is 4.79 Å². The van der Waals surface area contributed by atoms with Crippen LogP contribution >= 0.6 is 0 Å². The van der Waals surface area contributed by atoms with Crippen LogP contribution in [0.25, 0.3) is 0 Å². The standard InChI is InChI=1S/C21H22F2N2O4/c22-20(23)29-16-7-5-15(6-8-16)24-18-4-2-1-3-17(18)19(26)25-11-9-21(10-12-25)27-13-14-28-21/h1-8,20,24H,9-14H2. The molecule has 1 amide bonds. The van der Waals surface area contributed by atoms with Crippen molar-refractivity contribution in [3.05, 3.63) is 54.1 Å². The van der Waals surface area contributed by atoms with Gasteiger partial charge in [0.2, 0.25) is 0 Å². The lowest BCUT2D eigenvalue weighted by Gasteiger charge is -2.37. The lowest BCUT2D eigenvalue weighted by atomic mass is 10.0. The number of carbonyl (C=O) groups excluding carboxylic acids is 1. The highest BCUT2D eigenvalue weighted by Gasteiger charge is 2.41. The van der Waals surface area contributed by atoms with E-state index in [1.807, 2.05) is 18.2 Å². The van der Waals surface area contributed by atoms with Crippen molar-refractivity contribution in [2.75, 3.05) is 31.6 Å². The van der Waals surface area contributed by atoms with Crippen LogP contribution in [-0.2, 0) is 9.47 Å². The molecule has 4 rings (SSSR count). The molecule has 2 aliphatic heterocycles. The third-order valence-corrected chi connectivity index (χ3v) is 5.14. The molecule has 0 atom stereocenters. The van der Waals surface area contributed by atoms with E-state index in [0.717, 1.165) is 0 Å². The van der Waals surface area contributed by atoms with E-state index < -0.39 is 12.4 Å². The predicted octanol–water partition coefficient (Wildman–Crippen LogP) is 4.01. The highest BCUT2D eigenvalue weighted by Crippen LogP contribution is 2.32. The number of amides is 1. The minimum absolute atomic E-state index is 0.0707. The maximum atomic E-state index is 13.1. The largest absolute Gasteiger partial charge is 0.435 e. The van der Waals surface area contributed by atoms with Crippen LogP contribution in [0.4, 0.5) is 20.2 Å². The first-order valence-corrected chi connectivity index (χ1v) is 9.53. The Balaban J connectivity index is 1.44. The molecule has 2 aliphatic rings. The molecular weight excluding hydrogens is 382 g/mol. The lowest BCUT2D eigenvalue weighted by molar-refractivity contribution is -0.181. The number of para-hydroxylation sites is 1. The van der Waals surface area contributed by atoms with Crippen molar-refractivity contribution in [3.8, 4) is 5.75 Å². The van der Waals surface area contributed by atoms with Gasteiger partial charge >= 0.3 is 6.61 Å². The Morgan fingerprint density at radius 3 is 2.34 bits per heavy atom. The topological polar surface area (TPSA) is 60.0 Å². The second-order valence-corrected chi connectivity index (χ2v) is 6.97. The van der Waals surface area contributed by atoms with Crippen LogP contribution < -0.4 is 10.1 Å². The van der Waals surface area contributed by atoms with E-state index in [4.69, 9.17) is 9.47 Å². The summed E-state index contributed by atoms with van der Waals surface area (Å²) >= 11 is 0. The number of ether oxygens (including phenoxy) is 3. The molecule has 2 aromatic rings. The number of nitrogens with one attached hydrogen (secondary N) is 1. The molecule has 2 aromatic carbocycles. The summed E-state index contributed by atoms with van der Waals surface area (Å²) in [6, 6.07) is 13.4. The quantitative estimate of drug-likeness (QED) is 0.816. The molecule has 1 N–H and O–H groups in total. The summed E-state index contributed by atoms with van der Waals surface area (Å²) in [6.07, 6.45) is 1.31. The summed E-state index contributed by atoms with van der Waals surface area (Å²) in [5, 5.41) is 3.18. The summed E-state index contributed by atoms with van der Waals surface area (Å²) in [5.74, 6) is -0.525. The fourth-order valence-corrected chi connectivity index (χ4v) is 3.66. The van der Waals surface area contributed by atoms with Gasteiger partial charge in [0.15, 0.2) is 5.79 Å². The molecule has 8 heteroatoms. The van der Waals surface area contributed by atoms with Gasteiger partial charge < -0.3 is 24.4 Å². The fourth-order valence-electron chi connectivity index (χ4n) is 3.66. The minimum atomic E-state index is -2.86. The molecule has 6 nitrogen and oxygen atoms in total. The Bertz CT molecular complexity index is 844. The molecule has 2 fully saturated rings. The zero-order valence-electron chi connectivity index (χ0n) is 15.8. The van der Waals surface area contributed by atoms with Crippen LogP contribution in [0.15, 0.2) is 48.5 Å². The molecule has 154 valence electrons. The Morgan fingerprint density at radius 1 is 1.03 bits per heavy atom. The molecule has 0 aromatic heterocycles. The van der Waals surface area contributed by atoms with Gasteiger partial charge in [0.25, 0.3) is 5.91 Å². The number of carbonyl (C=O) groups is 1. The van der Waals surface area contributed by atoms with Gasteiger partial charge in [0, 0.05) is 31.6 Å². The highest BCUT2D eigenvalue weighted by atomic mass is 19.3. The van der Waals surface area contributed by atoms with Crippen molar-refractivity contribution in [1.82, 2.24) is 4.90 Å². The Kier molecular flexibility index (Phi) is 5.64. The Morgan fingerprint density at radius 2 is 1.69 bits per heavy atom. The third-order valence-electron chi connectivity index (χ3n) is 5.14. The van der Waals surface area contributed by atoms with E-state index in [0.29, 0.717) is 56.1 Å². The first kappa shape index (κ1) is 19.6. The Hall–Kier alpha value is -2.71. The van der Waals surface area contributed by atoms with Crippen LogP contribution in [-0.4, -0.2) is 49.5 Å². The van der Waals surface area contributed by atoms with Crippen LogP contribution in [0, 0.1) is 0 Å². The number of anilines is 2. The second-order valence-electron chi connectivity index (χ2n) is 6.97. The van der Waals surface area contributed by atoms with Crippen molar-refractivity contribution in [3.63, 3.8) is 0 Å². The normalized spacial score (nSPS) is 18.2. The van der Waals surface area contributed by atoms with Crippen LogP contribution in [0.2, 0.25) is 0 Å². The molecular formula is C21H22F2N2O4. The van der Waals surface area contributed by atoms with E-state index in [-0.39, 0.29) is 11.7 Å². The van der Waals surface area contributed by atoms with Gasteiger partial charge in [-0.15, -0.1) is 0 Å². The highest BCUT2D eigenvalue weighted by molar-refractivity contribution is 6.00. The van der Waals surface area contributed by atoms with E-state index in [1.165, 1.54) is 12.1 Å². The van der Waals surface area contributed by atoms with E-state index >= 15 is 0 Å². The van der Waals surface area contributed by atoms with E-state index in [2.05, 4.69) is 10.1 Å². The first-order chi connectivity index (χ1) is 14.0. The summed E-state index contributed by atoms with van der Waals surface area (Å²) < 4.78 is 40.4. The van der Waals surface area contributed by atoms with Crippen LogP contribution in [0.3, 0.4) is 0 Å². The minimum Gasteiger partial charge on any atom is -0.435 e. The summed E-state index contributed by atoms with van der Waals surface area (Å²) in [7, 11) is 0. The maximum absolute atomic E-state index is 13.1. The van der Waals surface area contributed by atoms with E-state index in [9.17, 15) is 13.6 Å². The smallest absolute Gasteiger partial charge is 0.387 e. The van der Waals surface area contributed by atoms with Gasteiger partial charge in [-0.25, -0.2) is 0 Å². The van der Waals surface area contributed by atoms with Gasteiger partial charge in [-0.1, -0.05) is 12.1 Å². The van der Waals surface area contributed by atoms with Crippen molar-refractivity contribution >= 4 is 17.3 Å². The monoisotopic (exact) mass is 404 g/mol. The fraction of sp³-hybridized carbons (Fsp3) is 0.381. The van der Waals surface area contributed by atoms with Crippen LogP contribution in [0.5, 0.6) is 5.75 Å². The molecule has 2 heterocycles. The van der Waals surface area contributed by atoms with Crippen molar-refractivity contribution < 1.29 is 27.8 Å². The van der Waals surface area contributed by atoms with Gasteiger partial charge in [0.05, 0.1) is 24.5 Å². The molecule has 1 spiro atoms. The number of benzene rings is 2. The summed E-state index contributed by atoms with van der Waals surface area (Å²) in [4.78, 5) is 14.9. The van der Waals surface area contributed by atoms with Gasteiger partial charge in [-0.05, 0) is 36.4 Å². The van der Waals surface area contributed by atoms with Crippen molar-refractivity contribution in [1.29, 1.82) is 0 Å². The van der Waals surface area contributed by atoms with Gasteiger partial charge in [-0.2, -0.15) is 8.78 Å². The second kappa shape index (κ2) is 8.34. The number of rotatable bonds is 5. The van der Waals surface area contributed by atoms with Crippen LogP contribution in [0.1, 0.15) is 23.2 Å². The molecule has 0 radical (unpaired) electrons. The number of hydrogen-bond acceptors (Lipinski definition) is 5. The summed E-state index contributed by atoms with van der Waals surface area (Å²) in [6.45, 7) is -0.542. The first-order valence-electron chi connectivity index (χ1n) is 9.53. The predicted molar refractivity (Wildman–Crippen MR) is 103 cm³/mol. The third kappa shape index (κ3) is 4.49. The summed E-state index contributed by atoms with van der Waals surface area (Å²) in [5.41, 5.74) is 1.86. The number of alkyl halides is 2. The number of halogens is 2. The van der Waals surface area contributed by atoms with E-state index in [1.54, 1.807) is 23.1 Å². The zero-order valence-corrected chi connectivity index (χ0v) is 15.8. The maximum Gasteiger partial charge on any atom is 0.387 e. The zero-order chi connectivity index (χ0) is 20.3. The molecule has 0 bridgehead atoms. The molecule has 0 aliphatic carbocycles. The number of piperidine rings is 1. The SMILES string of the molecule is O=C(c1ccccc1Nc1ccc(OC(F)F)cc1)N1CCC2(CC1)OCCO2. The van der Waals surface area contributed by atoms with Crippen molar-refractivity contribution in [2.45, 2.75) is 25.2 Å². The average Bonchev–Trinajstić information content (AvgIpc) is 3.17. The van der Waals surface area contributed by atoms with Gasteiger partial charge in [0.1, 0.15) is 5.75 Å². The molecule has 2 saturated heterocycles. The molecule has 0 saturated carbocycles. The number of nitrogens with zero attached hydrogens (tertiary/aromatic N) is 1.